The van der Waals surface area contributed by atoms with E-state index in [1.165, 1.54) is 0 Å². The van der Waals surface area contributed by atoms with Gasteiger partial charge >= 0.3 is 0 Å². The standard InChI is InChI=1S/C18H27N5O2/c1-13(2)10-23-11-14(9-16(23)24)17(25)21-15-5-3-8-22(12-15)18-19-6-4-7-20-18/h4,6-7,13-15H,3,5,8-12H2,1-2H3,(H,21,25)/t14-,15+/m1/s1. The average Bonchev–Trinajstić information content (AvgIpc) is 2.96. The SMILES string of the molecule is CC(C)CN1C[C@H](C(=O)N[C@H]2CCCN(c3ncccn3)C2)CC1=O. The molecule has 0 spiro atoms. The maximum Gasteiger partial charge on any atom is 0.225 e. The molecule has 0 aromatic carbocycles. The van der Waals surface area contributed by atoms with Gasteiger partial charge in [-0.3, -0.25) is 9.59 Å². The van der Waals surface area contributed by atoms with E-state index in [-0.39, 0.29) is 23.8 Å². The topological polar surface area (TPSA) is 78.4 Å². The van der Waals surface area contributed by atoms with Gasteiger partial charge in [0.15, 0.2) is 0 Å². The van der Waals surface area contributed by atoms with Crippen molar-refractivity contribution < 1.29 is 9.59 Å². The summed E-state index contributed by atoms with van der Waals surface area (Å²) in [6, 6.07) is 1.88. The lowest BCUT2D eigenvalue weighted by molar-refractivity contribution is -0.129. The third-order valence-corrected chi connectivity index (χ3v) is 4.77. The molecule has 2 amide bonds. The molecule has 2 aliphatic rings. The van der Waals surface area contributed by atoms with Gasteiger partial charge in [0.05, 0.1) is 5.92 Å². The molecule has 25 heavy (non-hydrogen) atoms. The van der Waals surface area contributed by atoms with Crippen molar-refractivity contribution in [3.05, 3.63) is 18.5 Å². The summed E-state index contributed by atoms with van der Waals surface area (Å²) >= 11 is 0. The Balaban J connectivity index is 1.53. The minimum atomic E-state index is -0.227. The second-order valence-electron chi connectivity index (χ2n) is 7.44. The van der Waals surface area contributed by atoms with E-state index < -0.39 is 0 Å². The second-order valence-corrected chi connectivity index (χ2v) is 7.44. The maximum atomic E-state index is 12.6. The highest BCUT2D eigenvalue weighted by Crippen LogP contribution is 2.21. The molecule has 0 saturated carbocycles. The van der Waals surface area contributed by atoms with E-state index in [4.69, 9.17) is 0 Å². The van der Waals surface area contributed by atoms with Crippen LogP contribution in [0.1, 0.15) is 33.1 Å². The van der Waals surface area contributed by atoms with Gasteiger partial charge in [-0.25, -0.2) is 9.97 Å². The highest BCUT2D eigenvalue weighted by atomic mass is 16.2. The number of amides is 2. The van der Waals surface area contributed by atoms with Crippen molar-refractivity contribution in [2.45, 2.75) is 39.2 Å². The van der Waals surface area contributed by atoms with Crippen LogP contribution in [0.25, 0.3) is 0 Å². The molecule has 3 heterocycles. The van der Waals surface area contributed by atoms with E-state index in [1.807, 2.05) is 4.90 Å². The van der Waals surface area contributed by atoms with Crippen LogP contribution >= 0.6 is 0 Å². The van der Waals surface area contributed by atoms with Crippen LogP contribution in [0.4, 0.5) is 5.95 Å². The number of hydrogen-bond acceptors (Lipinski definition) is 5. The quantitative estimate of drug-likeness (QED) is 0.863. The Labute approximate surface area is 148 Å². The van der Waals surface area contributed by atoms with Crippen LogP contribution in [-0.4, -0.2) is 58.9 Å². The molecule has 0 aliphatic carbocycles. The molecule has 0 unspecified atom stereocenters. The van der Waals surface area contributed by atoms with E-state index >= 15 is 0 Å². The van der Waals surface area contributed by atoms with Crippen LogP contribution in [-0.2, 0) is 9.59 Å². The third-order valence-electron chi connectivity index (χ3n) is 4.77. The molecule has 7 nitrogen and oxygen atoms in total. The Kier molecular flexibility index (Phi) is 5.50. The first kappa shape index (κ1) is 17.6. The molecule has 1 aromatic heterocycles. The van der Waals surface area contributed by atoms with Gasteiger partial charge in [-0.15, -0.1) is 0 Å². The van der Waals surface area contributed by atoms with Crippen molar-refractivity contribution in [3.63, 3.8) is 0 Å². The Morgan fingerprint density at radius 1 is 1.32 bits per heavy atom. The fraction of sp³-hybridized carbons (Fsp3) is 0.667. The van der Waals surface area contributed by atoms with Crippen molar-refractivity contribution in [1.82, 2.24) is 20.2 Å². The molecule has 136 valence electrons. The number of likely N-dealkylation sites (tertiary alicyclic amines) is 1. The number of rotatable bonds is 5. The molecule has 2 aliphatic heterocycles. The fourth-order valence-corrected chi connectivity index (χ4v) is 3.62. The highest BCUT2D eigenvalue weighted by Gasteiger charge is 2.35. The zero-order valence-corrected chi connectivity index (χ0v) is 15.0. The number of carbonyl (C=O) groups excluding carboxylic acids is 2. The highest BCUT2D eigenvalue weighted by molar-refractivity contribution is 5.89. The molecule has 1 N–H and O–H groups in total. The lowest BCUT2D eigenvalue weighted by atomic mass is 10.0. The van der Waals surface area contributed by atoms with Gasteiger partial charge in [-0.1, -0.05) is 13.8 Å². The molecular formula is C18H27N5O2. The summed E-state index contributed by atoms with van der Waals surface area (Å²) in [4.78, 5) is 37.2. The van der Waals surface area contributed by atoms with Gasteiger partial charge in [0.2, 0.25) is 17.8 Å². The van der Waals surface area contributed by atoms with Gasteiger partial charge in [0.25, 0.3) is 0 Å². The summed E-state index contributed by atoms with van der Waals surface area (Å²) < 4.78 is 0. The second kappa shape index (κ2) is 7.80. The molecule has 2 saturated heterocycles. The lowest BCUT2D eigenvalue weighted by Crippen LogP contribution is -2.50. The molecule has 1 aromatic rings. The summed E-state index contributed by atoms with van der Waals surface area (Å²) in [5.41, 5.74) is 0. The number of nitrogens with one attached hydrogen (secondary N) is 1. The van der Waals surface area contributed by atoms with Gasteiger partial charge in [0.1, 0.15) is 0 Å². The first-order valence-corrected chi connectivity index (χ1v) is 9.13. The number of hydrogen-bond donors (Lipinski definition) is 1. The first-order chi connectivity index (χ1) is 12.0. The molecule has 7 heteroatoms. The van der Waals surface area contributed by atoms with Gasteiger partial charge in [0, 0.05) is 51.0 Å². The van der Waals surface area contributed by atoms with Crippen LogP contribution in [0, 0.1) is 11.8 Å². The van der Waals surface area contributed by atoms with Gasteiger partial charge in [-0.2, -0.15) is 0 Å². The van der Waals surface area contributed by atoms with Gasteiger partial charge in [-0.05, 0) is 24.8 Å². The van der Waals surface area contributed by atoms with Crippen molar-refractivity contribution in [2.24, 2.45) is 11.8 Å². The Bertz CT molecular complexity index is 607. The normalized spacial score (nSPS) is 24.0. The third kappa shape index (κ3) is 4.46. The molecule has 0 radical (unpaired) electrons. The number of aromatic nitrogens is 2. The average molecular weight is 345 g/mol. The van der Waals surface area contributed by atoms with E-state index in [1.54, 1.807) is 18.5 Å². The zero-order valence-electron chi connectivity index (χ0n) is 15.0. The number of anilines is 1. The van der Waals surface area contributed by atoms with Crippen molar-refractivity contribution >= 4 is 17.8 Å². The molecular weight excluding hydrogens is 318 g/mol. The van der Waals surface area contributed by atoms with Crippen molar-refractivity contribution in [2.75, 3.05) is 31.1 Å². The minimum Gasteiger partial charge on any atom is -0.351 e. The fourth-order valence-electron chi connectivity index (χ4n) is 3.62. The number of piperidine rings is 1. The maximum absolute atomic E-state index is 12.6. The smallest absolute Gasteiger partial charge is 0.225 e. The lowest BCUT2D eigenvalue weighted by Gasteiger charge is -2.33. The van der Waals surface area contributed by atoms with Gasteiger partial charge < -0.3 is 15.1 Å². The van der Waals surface area contributed by atoms with E-state index in [0.717, 1.165) is 25.9 Å². The van der Waals surface area contributed by atoms with Crippen LogP contribution in [0.3, 0.4) is 0 Å². The van der Waals surface area contributed by atoms with Crippen molar-refractivity contribution in [3.8, 4) is 0 Å². The van der Waals surface area contributed by atoms with Crippen LogP contribution < -0.4 is 10.2 Å². The van der Waals surface area contributed by atoms with Crippen LogP contribution in [0.5, 0.6) is 0 Å². The summed E-state index contributed by atoms with van der Waals surface area (Å²) in [5, 5.41) is 3.14. The van der Waals surface area contributed by atoms with Crippen LogP contribution in [0.15, 0.2) is 18.5 Å². The molecule has 2 atom stereocenters. The van der Waals surface area contributed by atoms with Crippen molar-refractivity contribution in [1.29, 1.82) is 0 Å². The largest absolute Gasteiger partial charge is 0.351 e. The summed E-state index contributed by atoms with van der Waals surface area (Å²) in [7, 11) is 0. The summed E-state index contributed by atoms with van der Waals surface area (Å²) in [6.07, 6.45) is 5.74. The first-order valence-electron chi connectivity index (χ1n) is 9.13. The monoisotopic (exact) mass is 345 g/mol. The predicted molar refractivity (Wildman–Crippen MR) is 94.9 cm³/mol. The summed E-state index contributed by atoms with van der Waals surface area (Å²) in [5.74, 6) is 0.996. The Morgan fingerprint density at radius 3 is 2.80 bits per heavy atom. The number of nitrogens with zero attached hydrogens (tertiary/aromatic N) is 4. The molecule has 2 fully saturated rings. The van der Waals surface area contributed by atoms with E-state index in [2.05, 4.69) is 34.0 Å². The van der Waals surface area contributed by atoms with E-state index in [9.17, 15) is 9.59 Å². The van der Waals surface area contributed by atoms with E-state index in [0.29, 0.717) is 31.4 Å². The Hall–Kier alpha value is -2.18. The van der Waals surface area contributed by atoms with Crippen LogP contribution in [0.2, 0.25) is 0 Å². The predicted octanol–water partition coefficient (Wildman–Crippen LogP) is 1.07. The minimum absolute atomic E-state index is 0.000404. The summed E-state index contributed by atoms with van der Waals surface area (Å²) in [6.45, 7) is 7.06. The molecule has 0 bridgehead atoms. The molecule has 3 rings (SSSR count). The Morgan fingerprint density at radius 2 is 2.08 bits per heavy atom. The zero-order chi connectivity index (χ0) is 17.8. The number of carbonyl (C=O) groups is 2.